The molecule has 1 aliphatic rings. The predicted octanol–water partition coefficient (Wildman–Crippen LogP) is 2.68. The van der Waals surface area contributed by atoms with Crippen molar-refractivity contribution in [1.82, 2.24) is 4.90 Å². The summed E-state index contributed by atoms with van der Waals surface area (Å²) in [5.41, 5.74) is -0.602. The van der Waals surface area contributed by atoms with Crippen LogP contribution >= 0.6 is 0 Å². The smallest absolute Gasteiger partial charge is 0.379 e. The summed E-state index contributed by atoms with van der Waals surface area (Å²) < 4.78 is 55.9. The van der Waals surface area contributed by atoms with Crippen molar-refractivity contribution >= 4 is 0 Å². The Morgan fingerprint density at radius 1 is 1.11 bits per heavy atom. The first-order valence-electron chi connectivity index (χ1n) is 5.62. The van der Waals surface area contributed by atoms with Crippen molar-refractivity contribution in [2.75, 3.05) is 26.3 Å². The predicted molar refractivity (Wildman–Crippen MR) is 57.5 cm³/mol. The van der Waals surface area contributed by atoms with Crippen LogP contribution in [0.15, 0.2) is 18.2 Å². The number of hydrogen-bond donors (Lipinski definition) is 0. The fourth-order valence-corrected chi connectivity index (χ4v) is 1.92. The van der Waals surface area contributed by atoms with Crippen LogP contribution in [0, 0.1) is 5.82 Å². The monoisotopic (exact) mass is 263 g/mol. The largest absolute Gasteiger partial charge is 0.416 e. The summed E-state index contributed by atoms with van der Waals surface area (Å²) in [6.45, 7) is 2.73. The summed E-state index contributed by atoms with van der Waals surface area (Å²) in [4.78, 5) is 1.94. The van der Waals surface area contributed by atoms with Gasteiger partial charge in [-0.25, -0.2) is 4.39 Å². The van der Waals surface area contributed by atoms with E-state index in [9.17, 15) is 17.6 Å². The summed E-state index contributed by atoms with van der Waals surface area (Å²) in [5, 5.41) is 0. The Morgan fingerprint density at radius 2 is 1.78 bits per heavy atom. The first kappa shape index (κ1) is 13.3. The zero-order valence-corrected chi connectivity index (χ0v) is 9.63. The number of nitrogens with zero attached hydrogens (tertiary/aromatic N) is 1. The molecule has 0 spiro atoms. The number of halogens is 4. The quantitative estimate of drug-likeness (QED) is 0.761. The molecule has 1 aliphatic heterocycles. The zero-order chi connectivity index (χ0) is 13.2. The highest BCUT2D eigenvalue weighted by molar-refractivity contribution is 5.26. The molecule has 0 saturated carbocycles. The molecule has 0 amide bonds. The maximum Gasteiger partial charge on any atom is 0.416 e. The maximum absolute atomic E-state index is 13.2. The molecule has 2 nitrogen and oxygen atoms in total. The molecule has 0 atom stereocenters. The van der Waals surface area contributed by atoms with Crippen molar-refractivity contribution in [2.24, 2.45) is 0 Å². The highest BCUT2D eigenvalue weighted by atomic mass is 19.4. The molecule has 0 bridgehead atoms. The molecule has 1 heterocycles. The average molecular weight is 263 g/mol. The van der Waals surface area contributed by atoms with Crippen molar-refractivity contribution in [1.29, 1.82) is 0 Å². The lowest BCUT2D eigenvalue weighted by atomic mass is 10.1. The Balaban J connectivity index is 2.14. The number of alkyl halides is 3. The Bertz CT molecular complexity index is 413. The van der Waals surface area contributed by atoms with E-state index in [2.05, 4.69) is 0 Å². The third-order valence-corrected chi connectivity index (χ3v) is 2.79. The van der Waals surface area contributed by atoms with E-state index >= 15 is 0 Å². The molecule has 6 heteroatoms. The minimum absolute atomic E-state index is 0.310. The second-order valence-corrected chi connectivity index (χ2v) is 4.23. The second-order valence-electron chi connectivity index (χ2n) is 4.23. The minimum Gasteiger partial charge on any atom is -0.379 e. The van der Waals surface area contributed by atoms with Gasteiger partial charge in [0.1, 0.15) is 5.82 Å². The lowest BCUT2D eigenvalue weighted by Crippen LogP contribution is -2.35. The van der Waals surface area contributed by atoms with E-state index in [4.69, 9.17) is 4.74 Å². The van der Waals surface area contributed by atoms with E-state index in [0.29, 0.717) is 44.5 Å². The molecule has 1 saturated heterocycles. The summed E-state index contributed by atoms with van der Waals surface area (Å²) in [7, 11) is 0. The molecule has 100 valence electrons. The van der Waals surface area contributed by atoms with E-state index in [-0.39, 0.29) is 0 Å². The highest BCUT2D eigenvalue weighted by Gasteiger charge is 2.31. The zero-order valence-electron chi connectivity index (χ0n) is 9.63. The molecular weight excluding hydrogens is 250 g/mol. The van der Waals surface area contributed by atoms with Crippen molar-refractivity contribution in [3.63, 3.8) is 0 Å². The van der Waals surface area contributed by atoms with Crippen LogP contribution in [-0.4, -0.2) is 31.2 Å². The molecule has 0 aliphatic carbocycles. The Morgan fingerprint density at radius 3 is 2.39 bits per heavy atom. The van der Waals surface area contributed by atoms with Crippen molar-refractivity contribution < 1.29 is 22.3 Å². The fraction of sp³-hybridized carbons (Fsp3) is 0.500. The third kappa shape index (κ3) is 3.43. The molecule has 0 aromatic heterocycles. The molecule has 1 aromatic carbocycles. The van der Waals surface area contributed by atoms with Crippen LogP contribution in [0.5, 0.6) is 0 Å². The van der Waals surface area contributed by atoms with Gasteiger partial charge in [-0.15, -0.1) is 0 Å². The van der Waals surface area contributed by atoms with E-state index < -0.39 is 17.6 Å². The van der Waals surface area contributed by atoms with Crippen LogP contribution in [0.4, 0.5) is 17.6 Å². The van der Waals surface area contributed by atoms with Crippen molar-refractivity contribution in [2.45, 2.75) is 12.7 Å². The van der Waals surface area contributed by atoms with Crippen LogP contribution in [0.2, 0.25) is 0 Å². The average Bonchev–Trinajstić information content (AvgIpc) is 2.28. The van der Waals surface area contributed by atoms with E-state index in [1.54, 1.807) is 0 Å². The Hall–Kier alpha value is -1.14. The van der Waals surface area contributed by atoms with Crippen LogP contribution < -0.4 is 0 Å². The van der Waals surface area contributed by atoms with Crippen LogP contribution in [0.25, 0.3) is 0 Å². The molecule has 0 radical (unpaired) electrons. The van der Waals surface area contributed by atoms with Crippen LogP contribution in [0.3, 0.4) is 0 Å². The van der Waals surface area contributed by atoms with Crippen LogP contribution in [0.1, 0.15) is 11.1 Å². The van der Waals surface area contributed by atoms with E-state index in [0.717, 1.165) is 12.1 Å². The van der Waals surface area contributed by atoms with E-state index in [1.807, 2.05) is 4.90 Å². The fourth-order valence-electron chi connectivity index (χ4n) is 1.92. The number of morpholine rings is 1. The van der Waals surface area contributed by atoms with Gasteiger partial charge in [-0.1, -0.05) is 0 Å². The summed E-state index contributed by atoms with van der Waals surface area (Å²) >= 11 is 0. The van der Waals surface area contributed by atoms with Gasteiger partial charge in [0.2, 0.25) is 0 Å². The standard InChI is InChI=1S/C12H13F4NO/c13-11-6-9(5-10(7-11)12(14,15)16)8-17-1-3-18-4-2-17/h5-7H,1-4,8H2. The lowest BCUT2D eigenvalue weighted by Gasteiger charge is -2.26. The van der Waals surface area contributed by atoms with Gasteiger partial charge < -0.3 is 4.74 Å². The number of rotatable bonds is 2. The topological polar surface area (TPSA) is 12.5 Å². The number of hydrogen-bond acceptors (Lipinski definition) is 2. The lowest BCUT2D eigenvalue weighted by molar-refractivity contribution is -0.137. The first-order valence-corrected chi connectivity index (χ1v) is 5.62. The first-order chi connectivity index (χ1) is 8.45. The maximum atomic E-state index is 13.2. The van der Waals surface area contributed by atoms with Gasteiger partial charge in [0.15, 0.2) is 0 Å². The Labute approximate surface area is 102 Å². The summed E-state index contributed by atoms with van der Waals surface area (Å²) in [6, 6.07) is 2.66. The molecular formula is C12H13F4NO. The van der Waals surface area contributed by atoms with Gasteiger partial charge in [-0.2, -0.15) is 13.2 Å². The summed E-state index contributed by atoms with van der Waals surface area (Å²) in [5.74, 6) is -0.854. The van der Waals surface area contributed by atoms with Crippen molar-refractivity contribution in [3.8, 4) is 0 Å². The van der Waals surface area contributed by atoms with Gasteiger partial charge in [0.05, 0.1) is 18.8 Å². The van der Waals surface area contributed by atoms with Gasteiger partial charge in [-0.3, -0.25) is 4.90 Å². The Kier molecular flexibility index (Phi) is 3.87. The van der Waals surface area contributed by atoms with Gasteiger partial charge in [0.25, 0.3) is 0 Å². The highest BCUT2D eigenvalue weighted by Crippen LogP contribution is 2.30. The summed E-state index contributed by atoms with van der Waals surface area (Å²) in [6.07, 6.45) is -4.51. The van der Waals surface area contributed by atoms with Gasteiger partial charge >= 0.3 is 6.18 Å². The SMILES string of the molecule is Fc1cc(CN2CCOCC2)cc(C(F)(F)F)c1. The second kappa shape index (κ2) is 5.24. The van der Waals surface area contributed by atoms with Crippen LogP contribution in [-0.2, 0) is 17.5 Å². The third-order valence-electron chi connectivity index (χ3n) is 2.79. The van der Waals surface area contributed by atoms with E-state index in [1.165, 1.54) is 0 Å². The molecule has 1 aromatic rings. The van der Waals surface area contributed by atoms with Gasteiger partial charge in [-0.05, 0) is 23.8 Å². The molecule has 2 rings (SSSR count). The minimum atomic E-state index is -4.51. The number of benzene rings is 1. The normalized spacial score (nSPS) is 18.0. The van der Waals surface area contributed by atoms with Crippen molar-refractivity contribution in [3.05, 3.63) is 35.1 Å². The molecule has 0 unspecified atom stereocenters. The van der Waals surface area contributed by atoms with Gasteiger partial charge in [0, 0.05) is 19.6 Å². The molecule has 0 N–H and O–H groups in total. The molecule has 1 fully saturated rings. The number of ether oxygens (including phenoxy) is 1. The molecule has 18 heavy (non-hydrogen) atoms.